The Balaban J connectivity index is 2.04. The van der Waals surface area contributed by atoms with E-state index in [1.807, 2.05) is 6.92 Å². The van der Waals surface area contributed by atoms with Gasteiger partial charge in [-0.15, -0.1) is 0 Å². The Bertz CT molecular complexity index is 331. The highest BCUT2D eigenvalue weighted by Crippen LogP contribution is 2.32. The zero-order valence-electron chi connectivity index (χ0n) is 9.32. The second kappa shape index (κ2) is 3.71. The maximum Gasteiger partial charge on any atom is 0.150 e. The summed E-state index contributed by atoms with van der Waals surface area (Å²) in [6, 6.07) is 0. The van der Waals surface area contributed by atoms with Crippen LogP contribution in [-0.2, 0) is 14.6 Å². The summed E-state index contributed by atoms with van der Waals surface area (Å²) in [5, 5.41) is 3.34. The molecule has 2 aliphatic rings. The Morgan fingerprint density at radius 2 is 2.20 bits per heavy atom. The van der Waals surface area contributed by atoms with Crippen molar-refractivity contribution in [2.75, 3.05) is 24.7 Å². The van der Waals surface area contributed by atoms with Gasteiger partial charge in [0.2, 0.25) is 0 Å². The maximum absolute atomic E-state index is 11.4. The fourth-order valence-electron chi connectivity index (χ4n) is 2.29. The van der Waals surface area contributed by atoms with Gasteiger partial charge in [-0.3, -0.25) is 5.32 Å². The van der Waals surface area contributed by atoms with Gasteiger partial charge < -0.3 is 4.74 Å². The van der Waals surface area contributed by atoms with Gasteiger partial charge in [0, 0.05) is 12.5 Å². The predicted molar refractivity (Wildman–Crippen MR) is 58.3 cm³/mol. The molecule has 15 heavy (non-hydrogen) atoms. The lowest BCUT2D eigenvalue weighted by Gasteiger charge is -2.41. The summed E-state index contributed by atoms with van der Waals surface area (Å²) < 4.78 is 28.6. The van der Waals surface area contributed by atoms with E-state index in [-0.39, 0.29) is 11.7 Å². The minimum Gasteiger partial charge on any atom is -0.360 e. The second-order valence-electron chi connectivity index (χ2n) is 5.00. The lowest BCUT2D eigenvalue weighted by molar-refractivity contribution is -0.130. The van der Waals surface area contributed by atoms with E-state index >= 15 is 0 Å². The molecule has 2 saturated heterocycles. The molecule has 3 atom stereocenters. The van der Waals surface area contributed by atoms with Gasteiger partial charge in [-0.2, -0.15) is 0 Å². The van der Waals surface area contributed by atoms with Crippen LogP contribution < -0.4 is 5.32 Å². The first-order chi connectivity index (χ1) is 6.91. The van der Waals surface area contributed by atoms with E-state index in [0.29, 0.717) is 11.7 Å². The van der Waals surface area contributed by atoms with E-state index in [4.69, 9.17) is 4.74 Å². The summed E-state index contributed by atoms with van der Waals surface area (Å²) in [6.45, 7) is 5.73. The van der Waals surface area contributed by atoms with E-state index < -0.39 is 15.6 Å². The Kier molecular flexibility index (Phi) is 2.81. The van der Waals surface area contributed by atoms with Crippen LogP contribution in [0.3, 0.4) is 0 Å². The highest BCUT2D eigenvalue weighted by molar-refractivity contribution is 7.91. The van der Waals surface area contributed by atoms with Gasteiger partial charge >= 0.3 is 0 Å². The Morgan fingerprint density at radius 3 is 2.67 bits per heavy atom. The third-order valence-electron chi connectivity index (χ3n) is 3.48. The monoisotopic (exact) mass is 233 g/mol. The van der Waals surface area contributed by atoms with Gasteiger partial charge in [0.25, 0.3) is 0 Å². The van der Waals surface area contributed by atoms with Crippen LogP contribution in [-0.4, -0.2) is 38.8 Å². The maximum atomic E-state index is 11.4. The van der Waals surface area contributed by atoms with Crippen LogP contribution in [0.15, 0.2) is 0 Å². The molecule has 0 aliphatic carbocycles. The van der Waals surface area contributed by atoms with Gasteiger partial charge in [-0.25, -0.2) is 8.42 Å². The number of hydrogen-bond donors (Lipinski definition) is 1. The van der Waals surface area contributed by atoms with Gasteiger partial charge in [-0.05, 0) is 19.3 Å². The van der Waals surface area contributed by atoms with Gasteiger partial charge in [0.15, 0.2) is 9.84 Å². The number of rotatable bonds is 1. The van der Waals surface area contributed by atoms with Crippen molar-refractivity contribution < 1.29 is 13.2 Å². The van der Waals surface area contributed by atoms with Crippen LogP contribution in [0, 0.1) is 11.8 Å². The van der Waals surface area contributed by atoms with Gasteiger partial charge in [0.1, 0.15) is 5.72 Å². The summed E-state index contributed by atoms with van der Waals surface area (Å²) in [4.78, 5) is 0. The molecule has 0 amide bonds. The van der Waals surface area contributed by atoms with Crippen LogP contribution in [0.1, 0.15) is 20.3 Å². The van der Waals surface area contributed by atoms with Crippen molar-refractivity contribution in [1.82, 2.24) is 5.32 Å². The molecule has 0 saturated carbocycles. The van der Waals surface area contributed by atoms with Crippen molar-refractivity contribution in [3.63, 3.8) is 0 Å². The molecule has 0 bridgehead atoms. The molecular weight excluding hydrogens is 214 g/mol. The highest BCUT2D eigenvalue weighted by atomic mass is 32.2. The smallest absolute Gasteiger partial charge is 0.150 e. The molecule has 2 fully saturated rings. The number of sulfone groups is 1. The minimum atomic E-state index is -2.82. The first kappa shape index (κ1) is 11.4. The molecule has 4 nitrogen and oxygen atoms in total. The molecule has 0 spiro atoms. The molecule has 0 radical (unpaired) electrons. The molecule has 2 heterocycles. The Hall–Kier alpha value is -0.130. The number of ether oxygens (including phenoxy) is 1. The van der Waals surface area contributed by atoms with Crippen LogP contribution >= 0.6 is 0 Å². The third kappa shape index (κ3) is 2.34. The summed E-state index contributed by atoms with van der Waals surface area (Å²) in [5.41, 5.74) is -0.434. The van der Waals surface area contributed by atoms with E-state index in [1.54, 1.807) is 0 Å². The van der Waals surface area contributed by atoms with Crippen LogP contribution in [0.5, 0.6) is 0 Å². The average Bonchev–Trinajstić information content (AvgIpc) is 2.52. The van der Waals surface area contributed by atoms with Crippen molar-refractivity contribution >= 4 is 9.84 Å². The van der Waals surface area contributed by atoms with E-state index in [9.17, 15) is 8.42 Å². The Labute approximate surface area is 91.3 Å². The SMILES string of the molecule is CC1CNC(C)(C2CCS(=O)(=O)C2)OC1. The first-order valence-electron chi connectivity index (χ1n) is 5.51. The van der Waals surface area contributed by atoms with Crippen LogP contribution in [0.2, 0.25) is 0 Å². The number of hydrogen-bond acceptors (Lipinski definition) is 4. The topological polar surface area (TPSA) is 55.4 Å². The third-order valence-corrected chi connectivity index (χ3v) is 5.25. The van der Waals surface area contributed by atoms with Crippen molar-refractivity contribution in [2.24, 2.45) is 11.8 Å². The van der Waals surface area contributed by atoms with E-state index in [0.717, 1.165) is 19.6 Å². The first-order valence-corrected chi connectivity index (χ1v) is 7.33. The minimum absolute atomic E-state index is 0.106. The molecule has 2 aliphatic heterocycles. The predicted octanol–water partition coefficient (Wildman–Crippen LogP) is 0.393. The molecule has 2 rings (SSSR count). The molecule has 1 N–H and O–H groups in total. The largest absolute Gasteiger partial charge is 0.360 e. The molecule has 3 unspecified atom stereocenters. The van der Waals surface area contributed by atoms with Crippen molar-refractivity contribution in [2.45, 2.75) is 26.0 Å². The van der Waals surface area contributed by atoms with Crippen molar-refractivity contribution in [3.8, 4) is 0 Å². The van der Waals surface area contributed by atoms with Crippen LogP contribution in [0.25, 0.3) is 0 Å². The lowest BCUT2D eigenvalue weighted by atomic mass is 9.94. The van der Waals surface area contributed by atoms with E-state index in [2.05, 4.69) is 12.2 Å². The van der Waals surface area contributed by atoms with Gasteiger partial charge in [-0.1, -0.05) is 6.92 Å². The standard InChI is InChI=1S/C10H19NO3S/c1-8-5-11-10(2,14-6-8)9-3-4-15(12,13)7-9/h8-9,11H,3-7H2,1-2H3. The normalized spacial score (nSPS) is 45.5. The second-order valence-corrected chi connectivity index (χ2v) is 7.23. The highest BCUT2D eigenvalue weighted by Gasteiger charge is 2.43. The molecule has 0 aromatic rings. The Morgan fingerprint density at radius 1 is 1.47 bits per heavy atom. The zero-order valence-corrected chi connectivity index (χ0v) is 10.1. The molecular formula is C10H19NO3S. The quantitative estimate of drug-likeness (QED) is 0.712. The molecule has 0 aromatic heterocycles. The molecule has 5 heteroatoms. The lowest BCUT2D eigenvalue weighted by Crippen LogP contribution is -2.57. The van der Waals surface area contributed by atoms with Gasteiger partial charge in [0.05, 0.1) is 18.1 Å². The van der Waals surface area contributed by atoms with Crippen molar-refractivity contribution in [3.05, 3.63) is 0 Å². The fourth-order valence-corrected chi connectivity index (χ4v) is 4.20. The summed E-state index contributed by atoms with van der Waals surface area (Å²) in [5.74, 6) is 1.20. The van der Waals surface area contributed by atoms with Crippen LogP contribution in [0.4, 0.5) is 0 Å². The summed E-state index contributed by atoms with van der Waals surface area (Å²) in [6.07, 6.45) is 0.722. The summed E-state index contributed by atoms with van der Waals surface area (Å²) >= 11 is 0. The molecule has 0 aromatic carbocycles. The fraction of sp³-hybridized carbons (Fsp3) is 1.00. The zero-order chi connectivity index (χ0) is 11.1. The number of nitrogens with one attached hydrogen (secondary N) is 1. The average molecular weight is 233 g/mol. The van der Waals surface area contributed by atoms with E-state index in [1.165, 1.54) is 0 Å². The molecule has 88 valence electrons. The summed E-state index contributed by atoms with van der Waals surface area (Å²) in [7, 11) is -2.82. The van der Waals surface area contributed by atoms with Crippen molar-refractivity contribution in [1.29, 1.82) is 0 Å².